The van der Waals surface area contributed by atoms with Crippen LogP contribution in [0.2, 0.25) is 0 Å². The number of rotatable bonds is 3. The van der Waals surface area contributed by atoms with Crippen molar-refractivity contribution < 1.29 is 9.72 Å². The fourth-order valence-corrected chi connectivity index (χ4v) is 1.19. The Balaban J connectivity index is 3.04. The van der Waals surface area contributed by atoms with E-state index >= 15 is 0 Å². The second kappa shape index (κ2) is 4.94. The zero-order valence-corrected chi connectivity index (χ0v) is 9.62. The van der Waals surface area contributed by atoms with Crippen LogP contribution >= 0.6 is 11.6 Å². The predicted molar refractivity (Wildman–Crippen MR) is 61.8 cm³/mol. The van der Waals surface area contributed by atoms with E-state index in [0.29, 0.717) is 0 Å². The average molecular weight is 243 g/mol. The summed E-state index contributed by atoms with van der Waals surface area (Å²) in [6.07, 6.45) is 0. The number of carbonyl (C=O) groups excluding carboxylic acids is 1. The summed E-state index contributed by atoms with van der Waals surface area (Å²) in [6, 6.07) is 4.57. The number of alkyl halides is 1. The first-order chi connectivity index (χ1) is 7.41. The van der Waals surface area contributed by atoms with Gasteiger partial charge in [-0.1, -0.05) is 6.07 Å². The average Bonchev–Trinajstić information content (AvgIpc) is 2.20. The first-order valence-corrected chi connectivity index (χ1v) is 5.05. The zero-order valence-electron chi connectivity index (χ0n) is 8.86. The molecular formula is C10H11ClN2O3. The molecule has 1 N–H and O–H groups in total. The molecule has 1 amide bonds. The summed E-state index contributed by atoms with van der Waals surface area (Å²) in [6.45, 7) is 3.24. The second-order valence-corrected chi connectivity index (χ2v) is 4.04. The van der Waals surface area contributed by atoms with E-state index in [0.717, 1.165) is 5.56 Å². The van der Waals surface area contributed by atoms with Crippen LogP contribution in [0.25, 0.3) is 0 Å². The lowest BCUT2D eigenvalue weighted by Crippen LogP contribution is -2.20. The molecule has 0 aliphatic carbocycles. The standard InChI is InChI=1S/C10H11ClN2O3/c1-6-3-4-8(9(5-6)13(15)16)12-10(14)7(2)11/h3-5,7H,1-2H3,(H,12,14). The molecule has 0 heterocycles. The van der Waals surface area contributed by atoms with Gasteiger partial charge in [-0.05, 0) is 25.5 Å². The van der Waals surface area contributed by atoms with Crippen LogP contribution < -0.4 is 5.32 Å². The Morgan fingerprint density at radius 2 is 2.19 bits per heavy atom. The minimum absolute atomic E-state index is 0.134. The van der Waals surface area contributed by atoms with Gasteiger partial charge in [0.15, 0.2) is 0 Å². The number of amides is 1. The van der Waals surface area contributed by atoms with E-state index in [1.807, 2.05) is 0 Å². The molecule has 1 rings (SSSR count). The van der Waals surface area contributed by atoms with Gasteiger partial charge in [-0.2, -0.15) is 0 Å². The lowest BCUT2D eigenvalue weighted by molar-refractivity contribution is -0.384. The van der Waals surface area contributed by atoms with E-state index in [9.17, 15) is 14.9 Å². The highest BCUT2D eigenvalue weighted by Gasteiger charge is 2.17. The normalized spacial score (nSPS) is 11.9. The van der Waals surface area contributed by atoms with Crippen LogP contribution in [0.15, 0.2) is 18.2 Å². The Bertz CT molecular complexity index is 432. The van der Waals surface area contributed by atoms with Crippen molar-refractivity contribution >= 4 is 28.9 Å². The summed E-state index contributed by atoms with van der Waals surface area (Å²) >= 11 is 5.56. The van der Waals surface area contributed by atoms with E-state index in [4.69, 9.17) is 11.6 Å². The van der Waals surface area contributed by atoms with Crippen molar-refractivity contribution in [2.45, 2.75) is 19.2 Å². The number of nitro groups is 1. The first kappa shape index (κ1) is 12.4. The molecule has 0 fully saturated rings. The maximum absolute atomic E-state index is 11.3. The Kier molecular flexibility index (Phi) is 3.84. The van der Waals surface area contributed by atoms with Gasteiger partial charge < -0.3 is 5.32 Å². The molecule has 1 unspecified atom stereocenters. The number of carbonyl (C=O) groups is 1. The molecular weight excluding hydrogens is 232 g/mol. The van der Waals surface area contributed by atoms with Crippen molar-refractivity contribution in [1.29, 1.82) is 0 Å². The highest BCUT2D eigenvalue weighted by Crippen LogP contribution is 2.25. The maximum Gasteiger partial charge on any atom is 0.293 e. The molecule has 0 saturated heterocycles. The van der Waals surface area contributed by atoms with E-state index < -0.39 is 16.2 Å². The molecule has 0 aliphatic rings. The van der Waals surface area contributed by atoms with Crippen LogP contribution in [-0.4, -0.2) is 16.2 Å². The number of nitro benzene ring substituents is 1. The SMILES string of the molecule is Cc1ccc(NC(=O)C(C)Cl)c([N+](=O)[O-])c1. The Labute approximate surface area is 97.6 Å². The summed E-state index contributed by atoms with van der Waals surface area (Å²) in [5, 5.41) is 12.4. The number of halogens is 1. The highest BCUT2D eigenvalue weighted by atomic mass is 35.5. The monoisotopic (exact) mass is 242 g/mol. The summed E-state index contributed by atoms with van der Waals surface area (Å²) in [5.74, 6) is -0.464. The summed E-state index contributed by atoms with van der Waals surface area (Å²) in [5.41, 5.74) is 0.780. The minimum Gasteiger partial charge on any atom is -0.319 e. The molecule has 0 bridgehead atoms. The van der Waals surface area contributed by atoms with Gasteiger partial charge in [-0.15, -0.1) is 11.6 Å². The number of hydrogen-bond donors (Lipinski definition) is 1. The van der Waals surface area contributed by atoms with Crippen LogP contribution in [0.4, 0.5) is 11.4 Å². The summed E-state index contributed by atoms with van der Waals surface area (Å²) in [7, 11) is 0. The maximum atomic E-state index is 11.3. The number of nitrogens with zero attached hydrogens (tertiary/aromatic N) is 1. The fraction of sp³-hybridized carbons (Fsp3) is 0.300. The highest BCUT2D eigenvalue weighted by molar-refractivity contribution is 6.32. The Hall–Kier alpha value is -1.62. The molecule has 0 saturated carbocycles. The smallest absolute Gasteiger partial charge is 0.293 e. The molecule has 0 radical (unpaired) electrons. The van der Waals surface area contributed by atoms with E-state index in [1.165, 1.54) is 19.1 Å². The van der Waals surface area contributed by atoms with Crippen LogP contribution in [0.1, 0.15) is 12.5 Å². The lowest BCUT2D eigenvalue weighted by atomic mass is 10.2. The molecule has 16 heavy (non-hydrogen) atoms. The third-order valence-corrected chi connectivity index (χ3v) is 2.17. The van der Waals surface area contributed by atoms with Crippen molar-refractivity contribution in [2.24, 2.45) is 0 Å². The number of anilines is 1. The van der Waals surface area contributed by atoms with Crippen molar-refractivity contribution in [3.8, 4) is 0 Å². The van der Waals surface area contributed by atoms with E-state index in [1.54, 1.807) is 13.0 Å². The molecule has 1 aromatic rings. The molecule has 0 aromatic heterocycles. The summed E-state index contributed by atoms with van der Waals surface area (Å²) in [4.78, 5) is 21.5. The van der Waals surface area contributed by atoms with Gasteiger partial charge in [0.2, 0.25) is 5.91 Å². The third kappa shape index (κ3) is 2.93. The van der Waals surface area contributed by atoms with Gasteiger partial charge >= 0.3 is 0 Å². The number of hydrogen-bond acceptors (Lipinski definition) is 3. The fourth-order valence-electron chi connectivity index (χ4n) is 1.13. The quantitative estimate of drug-likeness (QED) is 0.503. The topological polar surface area (TPSA) is 72.2 Å². The minimum atomic E-state index is -0.735. The second-order valence-electron chi connectivity index (χ2n) is 3.38. The molecule has 0 spiro atoms. The van der Waals surface area contributed by atoms with Gasteiger partial charge in [-0.3, -0.25) is 14.9 Å². The lowest BCUT2D eigenvalue weighted by Gasteiger charge is -2.07. The summed E-state index contributed by atoms with van der Waals surface area (Å²) < 4.78 is 0. The molecule has 1 atom stereocenters. The predicted octanol–water partition coefficient (Wildman–Crippen LogP) is 2.47. The van der Waals surface area contributed by atoms with Gasteiger partial charge in [0.25, 0.3) is 5.69 Å². The van der Waals surface area contributed by atoms with Crippen LogP contribution in [-0.2, 0) is 4.79 Å². The number of benzene rings is 1. The number of nitrogens with one attached hydrogen (secondary N) is 1. The van der Waals surface area contributed by atoms with Gasteiger partial charge in [-0.25, -0.2) is 0 Å². The number of aryl methyl sites for hydroxylation is 1. The zero-order chi connectivity index (χ0) is 12.3. The Morgan fingerprint density at radius 1 is 1.56 bits per heavy atom. The third-order valence-electron chi connectivity index (χ3n) is 1.97. The molecule has 1 aromatic carbocycles. The van der Waals surface area contributed by atoms with Crippen molar-refractivity contribution in [1.82, 2.24) is 0 Å². The van der Waals surface area contributed by atoms with E-state index in [2.05, 4.69) is 5.32 Å². The molecule has 0 aliphatic heterocycles. The van der Waals surface area contributed by atoms with Crippen LogP contribution in [0, 0.1) is 17.0 Å². The molecule has 6 heteroatoms. The Morgan fingerprint density at radius 3 is 2.69 bits per heavy atom. The van der Waals surface area contributed by atoms with E-state index in [-0.39, 0.29) is 11.4 Å². The van der Waals surface area contributed by atoms with Gasteiger partial charge in [0.1, 0.15) is 11.1 Å². The van der Waals surface area contributed by atoms with Gasteiger partial charge in [0, 0.05) is 6.07 Å². The first-order valence-electron chi connectivity index (χ1n) is 4.62. The van der Waals surface area contributed by atoms with Crippen molar-refractivity contribution in [2.75, 3.05) is 5.32 Å². The molecule has 5 nitrogen and oxygen atoms in total. The largest absolute Gasteiger partial charge is 0.319 e. The van der Waals surface area contributed by atoms with Crippen LogP contribution in [0.5, 0.6) is 0 Å². The van der Waals surface area contributed by atoms with Crippen molar-refractivity contribution in [3.05, 3.63) is 33.9 Å². The van der Waals surface area contributed by atoms with Crippen LogP contribution in [0.3, 0.4) is 0 Å². The molecule has 86 valence electrons. The van der Waals surface area contributed by atoms with Gasteiger partial charge in [0.05, 0.1) is 4.92 Å². The van der Waals surface area contributed by atoms with Crippen molar-refractivity contribution in [3.63, 3.8) is 0 Å².